The molecule has 29 heavy (non-hydrogen) atoms. The van der Waals surface area contributed by atoms with Crippen LogP contribution in [0.3, 0.4) is 0 Å². The summed E-state index contributed by atoms with van der Waals surface area (Å²) in [6.45, 7) is 5.22. The highest BCUT2D eigenvalue weighted by molar-refractivity contribution is 5.89. The van der Waals surface area contributed by atoms with Crippen molar-refractivity contribution >= 4 is 11.9 Å². The van der Waals surface area contributed by atoms with Gasteiger partial charge in [-0.1, -0.05) is 42.5 Å². The van der Waals surface area contributed by atoms with Crippen molar-refractivity contribution in [3.8, 4) is 0 Å². The van der Waals surface area contributed by atoms with Crippen LogP contribution < -0.4 is 10.6 Å². The number of hydrogen-bond acceptors (Lipinski definition) is 4. The highest BCUT2D eigenvalue weighted by Crippen LogP contribution is 2.09. The summed E-state index contributed by atoms with van der Waals surface area (Å²) < 4.78 is 10.7. The molecule has 0 amide bonds. The van der Waals surface area contributed by atoms with E-state index in [2.05, 4.69) is 15.6 Å². The van der Waals surface area contributed by atoms with Crippen molar-refractivity contribution in [1.82, 2.24) is 10.6 Å². The number of nitrogens with zero attached hydrogens (tertiary/aromatic N) is 1. The van der Waals surface area contributed by atoms with Crippen LogP contribution in [-0.2, 0) is 22.6 Å². The number of ether oxygens (including phenoxy) is 2. The maximum absolute atomic E-state index is 12.3. The van der Waals surface area contributed by atoms with Crippen LogP contribution in [-0.4, -0.2) is 38.7 Å². The van der Waals surface area contributed by atoms with Crippen LogP contribution in [0.4, 0.5) is 0 Å². The zero-order chi connectivity index (χ0) is 20.7. The van der Waals surface area contributed by atoms with E-state index >= 15 is 0 Å². The molecule has 2 N–H and O–H groups in total. The summed E-state index contributed by atoms with van der Waals surface area (Å²) in [6, 6.07) is 17.1. The predicted molar refractivity (Wildman–Crippen MR) is 116 cm³/mol. The number of benzene rings is 2. The Labute approximate surface area is 173 Å². The van der Waals surface area contributed by atoms with E-state index < -0.39 is 0 Å². The summed E-state index contributed by atoms with van der Waals surface area (Å²) in [5.41, 5.74) is 2.49. The Morgan fingerprint density at radius 1 is 1.00 bits per heavy atom. The number of unbranched alkanes of at least 4 members (excludes halogenated alkanes) is 1. The Hall–Kier alpha value is -2.86. The first-order valence-corrected chi connectivity index (χ1v) is 10.0. The van der Waals surface area contributed by atoms with Crippen molar-refractivity contribution < 1.29 is 14.3 Å². The molecule has 2 aromatic carbocycles. The van der Waals surface area contributed by atoms with E-state index in [1.54, 1.807) is 13.1 Å². The van der Waals surface area contributed by atoms with Gasteiger partial charge in [0.2, 0.25) is 0 Å². The molecule has 0 radical (unpaired) electrons. The van der Waals surface area contributed by atoms with Gasteiger partial charge in [0, 0.05) is 33.4 Å². The molecule has 0 unspecified atom stereocenters. The monoisotopic (exact) mass is 397 g/mol. The van der Waals surface area contributed by atoms with Crippen molar-refractivity contribution in [2.45, 2.75) is 32.9 Å². The van der Waals surface area contributed by atoms with Gasteiger partial charge < -0.3 is 20.1 Å². The number of nitrogens with one attached hydrogen (secondary N) is 2. The Balaban J connectivity index is 1.77. The minimum absolute atomic E-state index is 0.266. The second-order valence-electron chi connectivity index (χ2n) is 6.52. The highest BCUT2D eigenvalue weighted by atomic mass is 16.5. The molecule has 156 valence electrons. The van der Waals surface area contributed by atoms with E-state index in [1.807, 2.05) is 55.5 Å². The van der Waals surface area contributed by atoms with Crippen LogP contribution >= 0.6 is 0 Å². The summed E-state index contributed by atoms with van der Waals surface area (Å²) in [6.07, 6.45) is 2.04. The van der Waals surface area contributed by atoms with Gasteiger partial charge >= 0.3 is 5.97 Å². The molecule has 0 heterocycles. The van der Waals surface area contributed by atoms with Crippen LogP contribution in [0.25, 0.3) is 0 Å². The van der Waals surface area contributed by atoms with Crippen LogP contribution in [0.2, 0.25) is 0 Å². The lowest BCUT2D eigenvalue weighted by Gasteiger charge is -2.12. The van der Waals surface area contributed by atoms with Gasteiger partial charge in [0.1, 0.15) is 6.61 Å². The molecule has 0 atom stereocenters. The third kappa shape index (κ3) is 8.79. The number of guanidine groups is 1. The number of esters is 1. The van der Waals surface area contributed by atoms with Gasteiger partial charge in [-0.25, -0.2) is 4.79 Å². The van der Waals surface area contributed by atoms with Crippen molar-refractivity contribution in [1.29, 1.82) is 0 Å². The Morgan fingerprint density at radius 3 is 2.55 bits per heavy atom. The number of rotatable bonds is 11. The Morgan fingerprint density at radius 2 is 1.79 bits per heavy atom. The molecule has 0 saturated heterocycles. The number of aliphatic imine (C=N–C) groups is 1. The van der Waals surface area contributed by atoms with Crippen molar-refractivity contribution in [2.75, 3.05) is 26.8 Å². The first-order chi connectivity index (χ1) is 14.2. The first kappa shape index (κ1) is 22.4. The van der Waals surface area contributed by atoms with Crippen LogP contribution in [0, 0.1) is 0 Å². The van der Waals surface area contributed by atoms with Gasteiger partial charge in [0.15, 0.2) is 5.96 Å². The fourth-order valence-electron chi connectivity index (χ4n) is 2.70. The van der Waals surface area contributed by atoms with E-state index in [1.165, 1.54) is 0 Å². The fraction of sp³-hybridized carbons (Fsp3) is 0.391. The molecular formula is C23H31N3O3. The van der Waals surface area contributed by atoms with E-state index in [0.29, 0.717) is 12.1 Å². The fourth-order valence-corrected chi connectivity index (χ4v) is 2.70. The molecule has 0 spiro atoms. The number of carbonyl (C=O) groups excluding carboxylic acids is 1. The van der Waals surface area contributed by atoms with E-state index in [-0.39, 0.29) is 12.6 Å². The zero-order valence-corrected chi connectivity index (χ0v) is 17.3. The molecule has 6 nitrogen and oxygen atoms in total. The molecular weight excluding hydrogens is 366 g/mol. The van der Waals surface area contributed by atoms with Crippen molar-refractivity contribution in [2.24, 2.45) is 4.99 Å². The molecule has 0 saturated carbocycles. The maximum atomic E-state index is 12.3. The van der Waals surface area contributed by atoms with Gasteiger partial charge in [-0.05, 0) is 43.0 Å². The summed E-state index contributed by atoms with van der Waals surface area (Å²) in [4.78, 5) is 16.6. The number of carbonyl (C=O) groups is 1. The van der Waals surface area contributed by atoms with Crippen molar-refractivity contribution in [3.63, 3.8) is 0 Å². The van der Waals surface area contributed by atoms with E-state index in [4.69, 9.17) is 9.47 Å². The molecule has 0 aliphatic carbocycles. The lowest BCUT2D eigenvalue weighted by Crippen LogP contribution is -2.37. The van der Waals surface area contributed by atoms with Crippen molar-refractivity contribution in [3.05, 3.63) is 71.3 Å². The average molecular weight is 398 g/mol. The predicted octanol–water partition coefficient (Wildman–Crippen LogP) is 3.53. The second-order valence-corrected chi connectivity index (χ2v) is 6.52. The van der Waals surface area contributed by atoms with Crippen LogP contribution in [0.5, 0.6) is 0 Å². The first-order valence-electron chi connectivity index (χ1n) is 10.0. The van der Waals surface area contributed by atoms with Crippen LogP contribution in [0.15, 0.2) is 59.6 Å². The Bertz CT molecular complexity index is 763. The third-order valence-electron chi connectivity index (χ3n) is 4.27. The molecule has 6 heteroatoms. The lowest BCUT2D eigenvalue weighted by atomic mass is 10.1. The zero-order valence-electron chi connectivity index (χ0n) is 17.3. The molecule has 0 aliphatic heterocycles. The molecule has 0 bridgehead atoms. The van der Waals surface area contributed by atoms with Crippen LogP contribution in [0.1, 0.15) is 41.3 Å². The maximum Gasteiger partial charge on any atom is 0.338 e. The van der Waals surface area contributed by atoms with E-state index in [9.17, 15) is 4.79 Å². The lowest BCUT2D eigenvalue weighted by molar-refractivity contribution is 0.0472. The van der Waals surface area contributed by atoms with E-state index in [0.717, 1.165) is 49.7 Å². The topological polar surface area (TPSA) is 72.0 Å². The highest BCUT2D eigenvalue weighted by Gasteiger charge is 2.08. The summed E-state index contributed by atoms with van der Waals surface area (Å²) >= 11 is 0. The smallest absolute Gasteiger partial charge is 0.338 e. The quantitative estimate of drug-likeness (QED) is 0.263. The SMILES string of the molecule is CCOCCCCNC(=NC)NCc1cccc(C(=O)OCc2ccccc2)c1. The Kier molecular flexibility index (Phi) is 10.3. The summed E-state index contributed by atoms with van der Waals surface area (Å²) in [5, 5.41) is 6.55. The third-order valence-corrected chi connectivity index (χ3v) is 4.27. The normalized spacial score (nSPS) is 11.2. The summed E-state index contributed by atoms with van der Waals surface area (Å²) in [7, 11) is 1.74. The molecule has 0 aromatic heterocycles. The average Bonchev–Trinajstić information content (AvgIpc) is 2.77. The minimum Gasteiger partial charge on any atom is -0.457 e. The van der Waals surface area contributed by atoms with Gasteiger partial charge in [0.25, 0.3) is 0 Å². The van der Waals surface area contributed by atoms with Gasteiger partial charge in [0.05, 0.1) is 5.56 Å². The number of hydrogen-bond donors (Lipinski definition) is 2. The largest absolute Gasteiger partial charge is 0.457 e. The standard InChI is InChI=1S/C23H31N3O3/c1-3-28-15-8-7-14-25-23(24-2)26-17-20-12-9-13-21(16-20)22(27)29-18-19-10-5-4-6-11-19/h4-6,9-13,16H,3,7-8,14-15,17-18H2,1-2H3,(H2,24,25,26). The molecule has 0 fully saturated rings. The van der Waals surface area contributed by atoms with Gasteiger partial charge in [-0.3, -0.25) is 4.99 Å². The molecule has 2 aromatic rings. The van der Waals surface area contributed by atoms with Gasteiger partial charge in [-0.2, -0.15) is 0 Å². The molecule has 2 rings (SSSR count). The van der Waals surface area contributed by atoms with Gasteiger partial charge in [-0.15, -0.1) is 0 Å². The second kappa shape index (κ2) is 13.3. The molecule has 0 aliphatic rings. The minimum atomic E-state index is -0.326. The summed E-state index contributed by atoms with van der Waals surface area (Å²) in [5.74, 6) is 0.408.